The lowest BCUT2D eigenvalue weighted by atomic mass is 10.0. The molecular formula is C13H8BrCl3. The summed E-state index contributed by atoms with van der Waals surface area (Å²) in [5.74, 6) is 0. The van der Waals surface area contributed by atoms with Crippen LogP contribution in [0.1, 0.15) is 5.56 Å². The standard InChI is InChI=1S/C13H8BrCl3/c14-7-10-9(2-1-3-11(10)15)8-4-5-12(16)13(17)6-8/h1-6H,7H2. The van der Waals surface area contributed by atoms with Crippen LogP contribution in [0.15, 0.2) is 36.4 Å². The van der Waals surface area contributed by atoms with Crippen molar-refractivity contribution >= 4 is 50.7 Å². The average Bonchev–Trinajstić information content (AvgIpc) is 2.32. The molecule has 4 heteroatoms. The Morgan fingerprint density at radius 1 is 0.882 bits per heavy atom. The number of halogens is 4. The van der Waals surface area contributed by atoms with E-state index < -0.39 is 0 Å². The zero-order chi connectivity index (χ0) is 12.4. The first-order valence-corrected chi connectivity index (χ1v) is 7.18. The van der Waals surface area contributed by atoms with Gasteiger partial charge in [0.05, 0.1) is 10.0 Å². The van der Waals surface area contributed by atoms with Gasteiger partial charge in [0.15, 0.2) is 0 Å². The van der Waals surface area contributed by atoms with Crippen molar-refractivity contribution in [1.29, 1.82) is 0 Å². The molecule has 0 N–H and O–H groups in total. The summed E-state index contributed by atoms with van der Waals surface area (Å²) in [6.45, 7) is 0. The lowest BCUT2D eigenvalue weighted by Gasteiger charge is -2.10. The molecule has 88 valence electrons. The molecule has 2 aromatic rings. The van der Waals surface area contributed by atoms with Gasteiger partial charge in [0.25, 0.3) is 0 Å². The molecule has 0 unspecified atom stereocenters. The molecule has 0 saturated heterocycles. The Hall–Kier alpha value is -0.210. The first-order valence-electron chi connectivity index (χ1n) is 4.92. The minimum Gasteiger partial charge on any atom is -0.0875 e. The summed E-state index contributed by atoms with van der Waals surface area (Å²) in [6.07, 6.45) is 0. The Balaban J connectivity index is 2.60. The number of alkyl halides is 1. The van der Waals surface area contributed by atoms with Gasteiger partial charge in [-0.3, -0.25) is 0 Å². The Morgan fingerprint density at radius 2 is 1.65 bits per heavy atom. The quantitative estimate of drug-likeness (QED) is 0.565. The van der Waals surface area contributed by atoms with Crippen LogP contribution in [0.2, 0.25) is 15.1 Å². The second-order valence-corrected chi connectivity index (χ2v) is 5.31. The number of hydrogen-bond acceptors (Lipinski definition) is 0. The summed E-state index contributed by atoms with van der Waals surface area (Å²) in [7, 11) is 0. The Kier molecular flexibility index (Phi) is 4.37. The molecule has 0 saturated carbocycles. The molecule has 2 rings (SSSR count). The van der Waals surface area contributed by atoms with Crippen molar-refractivity contribution in [2.45, 2.75) is 5.33 Å². The largest absolute Gasteiger partial charge is 0.0875 e. The summed E-state index contributed by atoms with van der Waals surface area (Å²) in [5, 5.41) is 2.54. The van der Waals surface area contributed by atoms with Crippen LogP contribution >= 0.6 is 50.7 Å². The molecule has 2 aromatic carbocycles. The highest BCUT2D eigenvalue weighted by Gasteiger charge is 2.09. The van der Waals surface area contributed by atoms with Gasteiger partial charge in [-0.15, -0.1) is 0 Å². The molecular weight excluding hydrogens is 342 g/mol. The highest BCUT2D eigenvalue weighted by molar-refractivity contribution is 9.08. The van der Waals surface area contributed by atoms with Gasteiger partial charge >= 0.3 is 0 Å². The summed E-state index contributed by atoms with van der Waals surface area (Å²) in [5.41, 5.74) is 3.12. The summed E-state index contributed by atoms with van der Waals surface area (Å²) >= 11 is 21.5. The maximum absolute atomic E-state index is 6.16. The van der Waals surface area contributed by atoms with Crippen molar-refractivity contribution in [1.82, 2.24) is 0 Å². The van der Waals surface area contributed by atoms with Crippen LogP contribution in [0.25, 0.3) is 11.1 Å². The van der Waals surface area contributed by atoms with E-state index in [1.54, 1.807) is 6.07 Å². The van der Waals surface area contributed by atoms with Gasteiger partial charge in [-0.05, 0) is 34.9 Å². The van der Waals surface area contributed by atoms with E-state index in [1.165, 1.54) is 0 Å². The Bertz CT molecular complexity index is 552. The molecule has 17 heavy (non-hydrogen) atoms. The molecule has 0 aliphatic rings. The molecule has 0 aliphatic heterocycles. The molecule has 0 aliphatic carbocycles. The zero-order valence-corrected chi connectivity index (χ0v) is 12.5. The van der Waals surface area contributed by atoms with Crippen molar-refractivity contribution < 1.29 is 0 Å². The van der Waals surface area contributed by atoms with E-state index in [9.17, 15) is 0 Å². The van der Waals surface area contributed by atoms with Gasteiger partial charge < -0.3 is 0 Å². The number of rotatable bonds is 2. The van der Waals surface area contributed by atoms with Gasteiger partial charge in [0.2, 0.25) is 0 Å². The van der Waals surface area contributed by atoms with Crippen molar-refractivity contribution in [3.63, 3.8) is 0 Å². The van der Waals surface area contributed by atoms with Crippen LogP contribution in [0.5, 0.6) is 0 Å². The smallest absolute Gasteiger partial charge is 0.0598 e. The molecule has 0 heterocycles. The lowest BCUT2D eigenvalue weighted by molar-refractivity contribution is 1.43. The van der Waals surface area contributed by atoms with Crippen LogP contribution < -0.4 is 0 Å². The van der Waals surface area contributed by atoms with E-state index in [-0.39, 0.29) is 0 Å². The van der Waals surface area contributed by atoms with Gasteiger partial charge in [0.1, 0.15) is 0 Å². The van der Waals surface area contributed by atoms with E-state index in [0.29, 0.717) is 15.4 Å². The Labute approximate surface area is 124 Å². The van der Waals surface area contributed by atoms with Crippen molar-refractivity contribution in [3.05, 3.63) is 57.0 Å². The Morgan fingerprint density at radius 3 is 2.29 bits per heavy atom. The SMILES string of the molecule is Clc1ccc(-c2cccc(Cl)c2CBr)cc1Cl. The van der Waals surface area contributed by atoms with E-state index in [1.807, 2.05) is 30.3 Å². The summed E-state index contributed by atoms with van der Waals surface area (Å²) < 4.78 is 0. The predicted octanol–water partition coefficient (Wildman–Crippen LogP) is 6.21. The zero-order valence-electron chi connectivity index (χ0n) is 8.68. The van der Waals surface area contributed by atoms with Crippen LogP contribution in [0.4, 0.5) is 0 Å². The third-order valence-electron chi connectivity index (χ3n) is 2.48. The highest BCUT2D eigenvalue weighted by atomic mass is 79.9. The van der Waals surface area contributed by atoms with Crippen LogP contribution in [0, 0.1) is 0 Å². The monoisotopic (exact) mass is 348 g/mol. The molecule has 0 atom stereocenters. The van der Waals surface area contributed by atoms with E-state index >= 15 is 0 Å². The summed E-state index contributed by atoms with van der Waals surface area (Å²) in [4.78, 5) is 0. The first kappa shape index (κ1) is 13.2. The topological polar surface area (TPSA) is 0 Å². The normalized spacial score (nSPS) is 10.6. The summed E-state index contributed by atoms with van der Waals surface area (Å²) in [6, 6.07) is 11.4. The average molecular weight is 350 g/mol. The van der Waals surface area contributed by atoms with Gasteiger partial charge in [-0.2, -0.15) is 0 Å². The fourth-order valence-electron chi connectivity index (χ4n) is 1.63. The second-order valence-electron chi connectivity index (χ2n) is 3.53. The molecule has 0 aromatic heterocycles. The maximum Gasteiger partial charge on any atom is 0.0598 e. The van der Waals surface area contributed by atoms with Crippen LogP contribution in [-0.2, 0) is 5.33 Å². The molecule has 0 radical (unpaired) electrons. The third-order valence-corrected chi connectivity index (χ3v) is 4.14. The molecule has 0 fully saturated rings. The highest BCUT2D eigenvalue weighted by Crippen LogP contribution is 2.34. The molecule has 0 amide bonds. The fraction of sp³-hybridized carbons (Fsp3) is 0.0769. The van der Waals surface area contributed by atoms with Crippen LogP contribution in [0.3, 0.4) is 0 Å². The minimum absolute atomic E-state index is 0.546. The fourth-order valence-corrected chi connectivity index (χ4v) is 2.93. The molecule has 0 bridgehead atoms. The van der Waals surface area contributed by atoms with E-state index in [0.717, 1.165) is 21.7 Å². The van der Waals surface area contributed by atoms with E-state index in [4.69, 9.17) is 34.8 Å². The van der Waals surface area contributed by atoms with Crippen molar-refractivity contribution in [2.24, 2.45) is 0 Å². The van der Waals surface area contributed by atoms with Crippen LogP contribution in [-0.4, -0.2) is 0 Å². The third kappa shape index (κ3) is 2.79. The van der Waals surface area contributed by atoms with Gasteiger partial charge in [-0.1, -0.05) is 68.9 Å². The first-order chi connectivity index (χ1) is 8.13. The predicted molar refractivity (Wildman–Crippen MR) is 79.5 cm³/mol. The van der Waals surface area contributed by atoms with E-state index in [2.05, 4.69) is 15.9 Å². The van der Waals surface area contributed by atoms with Gasteiger partial charge in [-0.25, -0.2) is 0 Å². The molecule has 0 spiro atoms. The van der Waals surface area contributed by atoms with Gasteiger partial charge in [0, 0.05) is 10.4 Å². The number of hydrogen-bond donors (Lipinski definition) is 0. The second kappa shape index (κ2) is 5.62. The minimum atomic E-state index is 0.546. The van der Waals surface area contributed by atoms with Crippen molar-refractivity contribution in [3.8, 4) is 11.1 Å². The molecule has 0 nitrogen and oxygen atoms in total. The lowest BCUT2D eigenvalue weighted by Crippen LogP contribution is -1.87. The van der Waals surface area contributed by atoms with Crippen molar-refractivity contribution in [2.75, 3.05) is 0 Å². The maximum atomic E-state index is 6.16. The number of benzene rings is 2.